The molecule has 2 atom stereocenters. The van der Waals surface area contributed by atoms with E-state index in [1.54, 1.807) is 11.3 Å². The molecular weight excluding hydrogens is 274 g/mol. The minimum absolute atomic E-state index is 0.0440. The van der Waals surface area contributed by atoms with Gasteiger partial charge in [0.1, 0.15) is 4.75 Å². The lowest BCUT2D eigenvalue weighted by Crippen LogP contribution is -2.42. The van der Waals surface area contributed by atoms with Crippen LogP contribution in [0.3, 0.4) is 0 Å². The van der Waals surface area contributed by atoms with Crippen LogP contribution in [-0.2, 0) is 11.4 Å². The van der Waals surface area contributed by atoms with E-state index >= 15 is 0 Å². The Morgan fingerprint density at radius 1 is 1.41 bits per heavy atom. The summed E-state index contributed by atoms with van der Waals surface area (Å²) in [6.45, 7) is 10.1. The summed E-state index contributed by atoms with van der Waals surface area (Å²) >= 11 is 6.67. The molecule has 0 saturated heterocycles. The highest BCUT2D eigenvalue weighted by Gasteiger charge is 2.32. The molecule has 1 N–H and O–H groups in total. The van der Waals surface area contributed by atoms with Crippen molar-refractivity contribution in [2.24, 2.45) is 5.92 Å². The highest BCUT2D eigenvalue weighted by atomic mass is 35.5. The molecule has 5 heteroatoms. The maximum atomic E-state index is 12.1. The molecule has 0 aliphatic carbocycles. The Kier molecular flexibility index (Phi) is 5.35. The van der Waals surface area contributed by atoms with Gasteiger partial charge in [0.25, 0.3) is 0 Å². The second kappa shape index (κ2) is 5.93. The van der Waals surface area contributed by atoms with Crippen molar-refractivity contribution in [3.05, 3.63) is 21.3 Å². The maximum absolute atomic E-state index is 12.1. The number of hydrogen-bond acceptors (Lipinski definition) is 3. The smallest absolute Gasteiger partial charge is 0.136 e. The predicted molar refractivity (Wildman–Crippen MR) is 77.9 cm³/mol. The van der Waals surface area contributed by atoms with Gasteiger partial charge in [0.2, 0.25) is 0 Å². The van der Waals surface area contributed by atoms with Crippen LogP contribution in [0.5, 0.6) is 0 Å². The number of hydrogen-bond donors (Lipinski definition) is 1. The molecular formula is C12H20ClNOS2. The molecule has 0 aliphatic heterocycles. The summed E-state index contributed by atoms with van der Waals surface area (Å²) in [5.41, 5.74) is 0. The van der Waals surface area contributed by atoms with Gasteiger partial charge in [0.15, 0.2) is 0 Å². The molecule has 0 spiro atoms. The Morgan fingerprint density at radius 2 is 2.00 bits per heavy atom. The van der Waals surface area contributed by atoms with Gasteiger partial charge in [-0.15, -0.1) is 16.1 Å². The van der Waals surface area contributed by atoms with Crippen LogP contribution in [0.1, 0.15) is 45.5 Å². The van der Waals surface area contributed by atoms with Crippen molar-refractivity contribution in [2.45, 2.75) is 45.4 Å². The lowest BCUT2D eigenvalue weighted by atomic mass is 10.0. The van der Waals surface area contributed by atoms with E-state index in [0.29, 0.717) is 5.92 Å². The molecule has 0 aliphatic rings. The second-order valence-electron chi connectivity index (χ2n) is 5.35. The maximum Gasteiger partial charge on any atom is 0.136 e. The molecule has 1 aromatic rings. The number of thiophene rings is 1. The molecule has 0 radical (unpaired) electrons. The van der Waals surface area contributed by atoms with Gasteiger partial charge in [0, 0.05) is 16.2 Å². The highest BCUT2D eigenvalue weighted by molar-refractivity contribution is 7.90. The van der Waals surface area contributed by atoms with E-state index in [9.17, 15) is 4.55 Å². The fourth-order valence-electron chi connectivity index (χ4n) is 1.31. The van der Waals surface area contributed by atoms with Gasteiger partial charge in [-0.2, -0.15) is 0 Å². The zero-order valence-electron chi connectivity index (χ0n) is 10.9. The number of halogens is 1. The fourth-order valence-corrected chi connectivity index (χ4v) is 3.76. The monoisotopic (exact) mass is 293 g/mol. The fraction of sp³-hybridized carbons (Fsp3) is 0.667. The molecule has 0 bridgehead atoms. The zero-order valence-corrected chi connectivity index (χ0v) is 13.3. The minimum Gasteiger partial charge on any atom is -0.598 e. The lowest BCUT2D eigenvalue weighted by molar-refractivity contribution is 0.457. The lowest BCUT2D eigenvalue weighted by Gasteiger charge is -2.29. The van der Waals surface area contributed by atoms with E-state index < -0.39 is 11.4 Å². The van der Waals surface area contributed by atoms with E-state index in [1.165, 1.54) is 0 Å². The normalized spacial score (nSPS) is 16.2. The molecule has 0 saturated carbocycles. The third kappa shape index (κ3) is 4.14. The van der Waals surface area contributed by atoms with Crippen molar-refractivity contribution in [3.8, 4) is 0 Å². The van der Waals surface area contributed by atoms with E-state index in [-0.39, 0.29) is 10.8 Å². The second-order valence-corrected chi connectivity index (χ2v) is 8.71. The molecule has 0 aromatic carbocycles. The first-order valence-corrected chi connectivity index (χ1v) is 8.05. The Labute approximate surface area is 116 Å². The molecule has 98 valence electrons. The van der Waals surface area contributed by atoms with Crippen LogP contribution in [0.15, 0.2) is 11.4 Å². The average Bonchev–Trinajstić information content (AvgIpc) is 2.58. The van der Waals surface area contributed by atoms with Crippen molar-refractivity contribution in [2.75, 3.05) is 0 Å². The van der Waals surface area contributed by atoms with Crippen molar-refractivity contribution >= 4 is 34.3 Å². The van der Waals surface area contributed by atoms with E-state index in [2.05, 4.69) is 18.6 Å². The number of nitrogens with one attached hydrogen (secondary N) is 1. The Hall–Kier alpha value is 0.260. The van der Waals surface area contributed by atoms with Gasteiger partial charge in [-0.25, -0.2) is 0 Å². The standard InChI is InChI=1S/C12H20ClNOS2/c1-8(2)10(11-9(13)6-7-16-11)14-17(15)12(3,4)5/h6-8,10,14H,1-5H3/t10-,17+/m0/s1. The minimum atomic E-state index is -1.08. The summed E-state index contributed by atoms with van der Waals surface area (Å²) in [4.78, 5) is 1.07. The molecule has 1 aromatic heterocycles. The van der Waals surface area contributed by atoms with Crippen LogP contribution in [0.2, 0.25) is 5.02 Å². The van der Waals surface area contributed by atoms with Crippen LogP contribution >= 0.6 is 22.9 Å². The summed E-state index contributed by atoms with van der Waals surface area (Å²) in [5, 5.41) is 2.72. The molecule has 17 heavy (non-hydrogen) atoms. The van der Waals surface area contributed by atoms with Gasteiger partial charge < -0.3 is 4.55 Å². The quantitative estimate of drug-likeness (QED) is 0.846. The van der Waals surface area contributed by atoms with Crippen LogP contribution in [-0.4, -0.2) is 9.30 Å². The summed E-state index contributed by atoms with van der Waals surface area (Å²) in [5.74, 6) is 0.345. The zero-order chi connectivity index (χ0) is 13.2. The van der Waals surface area contributed by atoms with E-state index in [1.807, 2.05) is 32.2 Å². The summed E-state index contributed by atoms with van der Waals surface area (Å²) in [6, 6.07) is 1.93. The summed E-state index contributed by atoms with van der Waals surface area (Å²) in [6.07, 6.45) is 0. The number of rotatable bonds is 4. The van der Waals surface area contributed by atoms with Gasteiger partial charge in [-0.05, 0) is 38.1 Å². The van der Waals surface area contributed by atoms with Gasteiger partial charge in [-0.3, -0.25) is 0 Å². The van der Waals surface area contributed by atoms with Crippen LogP contribution in [0, 0.1) is 5.92 Å². The molecule has 0 unspecified atom stereocenters. The van der Waals surface area contributed by atoms with Gasteiger partial charge >= 0.3 is 0 Å². The van der Waals surface area contributed by atoms with E-state index in [4.69, 9.17) is 11.6 Å². The summed E-state index contributed by atoms with van der Waals surface area (Å²) in [7, 11) is 0. The van der Waals surface area contributed by atoms with Crippen LogP contribution in [0.4, 0.5) is 0 Å². The first-order chi connectivity index (χ1) is 7.73. The third-order valence-corrected chi connectivity index (χ3v) is 5.41. The largest absolute Gasteiger partial charge is 0.598 e. The molecule has 1 rings (SSSR count). The van der Waals surface area contributed by atoms with Crippen molar-refractivity contribution in [1.82, 2.24) is 4.72 Å². The highest BCUT2D eigenvalue weighted by Crippen LogP contribution is 2.34. The predicted octanol–water partition coefficient (Wildman–Crippen LogP) is 4.15. The first-order valence-electron chi connectivity index (χ1n) is 5.64. The van der Waals surface area contributed by atoms with Crippen molar-refractivity contribution in [1.29, 1.82) is 0 Å². The average molecular weight is 294 g/mol. The first kappa shape index (κ1) is 15.3. The Morgan fingerprint density at radius 3 is 2.35 bits per heavy atom. The van der Waals surface area contributed by atoms with Gasteiger partial charge in [0.05, 0.1) is 11.1 Å². The van der Waals surface area contributed by atoms with Gasteiger partial charge in [-0.1, -0.05) is 25.4 Å². The topological polar surface area (TPSA) is 35.1 Å². The van der Waals surface area contributed by atoms with Crippen LogP contribution in [0.25, 0.3) is 0 Å². The molecule has 0 amide bonds. The molecule has 1 heterocycles. The van der Waals surface area contributed by atoms with Crippen molar-refractivity contribution < 1.29 is 4.55 Å². The summed E-state index contributed by atoms with van der Waals surface area (Å²) < 4.78 is 15.1. The van der Waals surface area contributed by atoms with Crippen LogP contribution < -0.4 is 4.72 Å². The molecule has 2 nitrogen and oxygen atoms in total. The Bertz CT molecular complexity index is 360. The Balaban J connectivity index is 2.86. The third-order valence-electron chi connectivity index (χ3n) is 2.38. The molecule has 0 fully saturated rings. The van der Waals surface area contributed by atoms with Crippen molar-refractivity contribution in [3.63, 3.8) is 0 Å². The SMILES string of the molecule is CC(C)[C@H](N[S@+]([O-])C(C)(C)C)c1sccc1Cl. The van der Waals surface area contributed by atoms with E-state index in [0.717, 1.165) is 9.90 Å².